The highest BCUT2D eigenvalue weighted by molar-refractivity contribution is 4.95. The van der Waals surface area contributed by atoms with Gasteiger partial charge in [-0.15, -0.1) is 0 Å². The van der Waals surface area contributed by atoms with Gasteiger partial charge in [-0.25, -0.2) is 0 Å². The molecule has 0 aromatic carbocycles. The average Bonchev–Trinajstić information content (AvgIpc) is 1.81. The molecule has 1 heteroatoms. The van der Waals surface area contributed by atoms with E-state index < -0.39 is 0 Å². The third kappa shape index (κ3) is 5.83. The normalized spacial score (nSPS) is 16.1. The van der Waals surface area contributed by atoms with Gasteiger partial charge in [-0.1, -0.05) is 39.8 Å². The third-order valence-electron chi connectivity index (χ3n) is 1.24. The topological polar surface area (TPSA) is 20.2 Å². The monoisotopic (exact) mass is 142 g/mol. The lowest BCUT2D eigenvalue weighted by atomic mass is 9.95. The third-order valence-corrected chi connectivity index (χ3v) is 1.24. The van der Waals surface area contributed by atoms with E-state index in [0.717, 1.165) is 6.42 Å². The van der Waals surface area contributed by atoms with Gasteiger partial charge in [-0.3, -0.25) is 0 Å². The highest BCUT2D eigenvalue weighted by atomic mass is 16.3. The first-order valence-electron chi connectivity index (χ1n) is 3.83. The minimum absolute atomic E-state index is 0.191. The van der Waals surface area contributed by atoms with Crippen LogP contribution in [0, 0.1) is 5.41 Å². The van der Waals surface area contributed by atoms with Crippen LogP contribution in [0.3, 0.4) is 0 Å². The number of aliphatic hydroxyl groups excluding tert-OH is 1. The molecular formula is C9H18O. The smallest absolute Gasteiger partial charge is 0.0718 e. The largest absolute Gasteiger partial charge is 0.389 e. The maximum absolute atomic E-state index is 9.13. The van der Waals surface area contributed by atoms with Crippen molar-refractivity contribution in [1.82, 2.24) is 0 Å². The summed E-state index contributed by atoms with van der Waals surface area (Å²) in [5.74, 6) is 0. The van der Waals surface area contributed by atoms with Crippen LogP contribution in [0.1, 0.15) is 34.1 Å². The molecule has 0 aliphatic rings. The molecule has 10 heavy (non-hydrogen) atoms. The van der Waals surface area contributed by atoms with Gasteiger partial charge in [0.05, 0.1) is 6.10 Å². The van der Waals surface area contributed by atoms with Crippen molar-refractivity contribution in [3.8, 4) is 0 Å². The Morgan fingerprint density at radius 1 is 1.40 bits per heavy atom. The molecule has 0 saturated carbocycles. The van der Waals surface area contributed by atoms with Crippen LogP contribution < -0.4 is 0 Å². The van der Waals surface area contributed by atoms with E-state index in [1.165, 1.54) is 0 Å². The Morgan fingerprint density at radius 3 is 2.20 bits per heavy atom. The fraction of sp³-hybridized carbons (Fsp3) is 0.778. The number of rotatable bonds is 2. The summed E-state index contributed by atoms with van der Waals surface area (Å²) in [6, 6.07) is 0. The molecular weight excluding hydrogens is 124 g/mol. The van der Waals surface area contributed by atoms with E-state index in [1.807, 2.05) is 19.1 Å². The Balaban J connectivity index is 3.75. The predicted molar refractivity (Wildman–Crippen MR) is 44.9 cm³/mol. The van der Waals surface area contributed by atoms with Crippen molar-refractivity contribution in [2.75, 3.05) is 0 Å². The molecule has 0 aliphatic heterocycles. The second-order valence-electron chi connectivity index (χ2n) is 3.70. The van der Waals surface area contributed by atoms with Crippen molar-refractivity contribution in [2.45, 2.75) is 40.2 Å². The molecule has 1 nitrogen and oxygen atoms in total. The minimum atomic E-state index is -0.265. The van der Waals surface area contributed by atoms with Crippen molar-refractivity contribution in [2.24, 2.45) is 5.41 Å². The van der Waals surface area contributed by atoms with Gasteiger partial charge in [0.2, 0.25) is 0 Å². The van der Waals surface area contributed by atoms with Gasteiger partial charge in [0, 0.05) is 0 Å². The summed E-state index contributed by atoms with van der Waals surface area (Å²) < 4.78 is 0. The number of aliphatic hydroxyl groups is 1. The van der Waals surface area contributed by atoms with Gasteiger partial charge in [0.25, 0.3) is 0 Å². The quantitative estimate of drug-likeness (QED) is 0.587. The van der Waals surface area contributed by atoms with Gasteiger partial charge in [-0.05, 0) is 11.8 Å². The number of hydrogen-bond donors (Lipinski definition) is 1. The van der Waals surface area contributed by atoms with Crippen LogP contribution in [0.4, 0.5) is 0 Å². The molecule has 0 aromatic rings. The summed E-state index contributed by atoms with van der Waals surface area (Å²) in [5.41, 5.74) is 0.191. The summed E-state index contributed by atoms with van der Waals surface area (Å²) in [7, 11) is 0. The van der Waals surface area contributed by atoms with Crippen LogP contribution >= 0.6 is 0 Å². The van der Waals surface area contributed by atoms with Crippen LogP contribution in [0.5, 0.6) is 0 Å². The summed E-state index contributed by atoms with van der Waals surface area (Å²) in [6.45, 7) is 8.32. The molecule has 0 amide bonds. The fourth-order valence-electron chi connectivity index (χ4n) is 0.536. The van der Waals surface area contributed by atoms with Crippen molar-refractivity contribution in [3.05, 3.63) is 12.2 Å². The first-order chi connectivity index (χ1) is 4.45. The van der Waals surface area contributed by atoms with E-state index in [1.54, 1.807) is 0 Å². The van der Waals surface area contributed by atoms with Crippen molar-refractivity contribution >= 4 is 0 Å². The van der Waals surface area contributed by atoms with Crippen LogP contribution in [0.2, 0.25) is 0 Å². The summed E-state index contributed by atoms with van der Waals surface area (Å²) in [4.78, 5) is 0. The lowest BCUT2D eigenvalue weighted by molar-refractivity contribution is 0.217. The van der Waals surface area contributed by atoms with Crippen molar-refractivity contribution < 1.29 is 5.11 Å². The van der Waals surface area contributed by atoms with Crippen LogP contribution in [-0.2, 0) is 0 Å². The van der Waals surface area contributed by atoms with Crippen LogP contribution in [-0.4, -0.2) is 11.2 Å². The first kappa shape index (κ1) is 9.70. The average molecular weight is 142 g/mol. The summed E-state index contributed by atoms with van der Waals surface area (Å²) in [6.07, 6.45) is 4.44. The van der Waals surface area contributed by atoms with Crippen molar-refractivity contribution in [1.29, 1.82) is 0 Å². The van der Waals surface area contributed by atoms with Gasteiger partial charge in [0.1, 0.15) is 0 Å². The maximum atomic E-state index is 9.13. The number of hydrogen-bond acceptors (Lipinski definition) is 1. The van der Waals surface area contributed by atoms with Crippen LogP contribution in [0.15, 0.2) is 12.2 Å². The molecule has 0 heterocycles. The van der Waals surface area contributed by atoms with E-state index in [0.29, 0.717) is 0 Å². The molecule has 1 unspecified atom stereocenters. The lowest BCUT2D eigenvalue weighted by Gasteiger charge is -2.12. The Morgan fingerprint density at radius 2 is 1.90 bits per heavy atom. The molecule has 0 bridgehead atoms. The Bertz CT molecular complexity index is 108. The van der Waals surface area contributed by atoms with E-state index in [4.69, 9.17) is 5.11 Å². The highest BCUT2D eigenvalue weighted by Gasteiger charge is 2.04. The van der Waals surface area contributed by atoms with E-state index in [2.05, 4.69) is 20.8 Å². The molecule has 60 valence electrons. The highest BCUT2D eigenvalue weighted by Crippen LogP contribution is 2.14. The predicted octanol–water partition coefficient (Wildman–Crippen LogP) is 2.36. The first-order valence-corrected chi connectivity index (χ1v) is 3.83. The van der Waals surface area contributed by atoms with Gasteiger partial charge in [0.15, 0.2) is 0 Å². The lowest BCUT2D eigenvalue weighted by Crippen LogP contribution is -2.04. The molecule has 0 spiro atoms. The Labute approximate surface area is 63.8 Å². The zero-order valence-corrected chi connectivity index (χ0v) is 7.39. The van der Waals surface area contributed by atoms with Gasteiger partial charge >= 0.3 is 0 Å². The van der Waals surface area contributed by atoms with Gasteiger partial charge < -0.3 is 5.11 Å². The molecule has 0 aliphatic carbocycles. The van der Waals surface area contributed by atoms with Crippen molar-refractivity contribution in [3.63, 3.8) is 0 Å². The molecule has 1 atom stereocenters. The second-order valence-corrected chi connectivity index (χ2v) is 3.70. The van der Waals surface area contributed by atoms with E-state index >= 15 is 0 Å². The maximum Gasteiger partial charge on any atom is 0.0718 e. The molecule has 1 N–H and O–H groups in total. The van der Waals surface area contributed by atoms with Gasteiger partial charge in [-0.2, -0.15) is 0 Å². The Hall–Kier alpha value is -0.300. The summed E-state index contributed by atoms with van der Waals surface area (Å²) >= 11 is 0. The zero-order valence-electron chi connectivity index (χ0n) is 7.39. The molecule has 0 rings (SSSR count). The second kappa shape index (κ2) is 3.77. The fourth-order valence-corrected chi connectivity index (χ4v) is 0.536. The zero-order chi connectivity index (χ0) is 8.20. The number of allylic oxidation sites excluding steroid dienone is 1. The minimum Gasteiger partial charge on any atom is -0.389 e. The molecule has 0 radical (unpaired) electrons. The van der Waals surface area contributed by atoms with E-state index in [9.17, 15) is 0 Å². The summed E-state index contributed by atoms with van der Waals surface area (Å²) in [5, 5.41) is 9.13. The van der Waals surface area contributed by atoms with Crippen LogP contribution in [0.25, 0.3) is 0 Å². The Kier molecular flexibility index (Phi) is 3.66. The molecule has 0 saturated heterocycles. The molecule has 0 fully saturated rings. The molecule has 0 aromatic heterocycles. The van der Waals surface area contributed by atoms with E-state index in [-0.39, 0.29) is 11.5 Å². The SMILES string of the molecule is CCC(O)C=CC(C)(C)C. The standard InChI is InChI=1S/C9H18O/c1-5-8(10)6-7-9(2,3)4/h6-8,10H,5H2,1-4H3.